The van der Waals surface area contributed by atoms with Gasteiger partial charge in [-0.25, -0.2) is 13.1 Å². The molecule has 0 saturated carbocycles. The molecule has 0 heterocycles. The highest BCUT2D eigenvalue weighted by molar-refractivity contribution is 7.89. The van der Waals surface area contributed by atoms with E-state index >= 15 is 0 Å². The van der Waals surface area contributed by atoms with E-state index in [0.29, 0.717) is 17.7 Å². The maximum absolute atomic E-state index is 12.4. The van der Waals surface area contributed by atoms with Gasteiger partial charge in [0.15, 0.2) is 5.78 Å². The molecule has 0 aliphatic heterocycles. The summed E-state index contributed by atoms with van der Waals surface area (Å²) in [4.78, 5) is 23.7. The summed E-state index contributed by atoms with van der Waals surface area (Å²) in [7, 11) is -3.71. The number of sulfonamides is 1. The van der Waals surface area contributed by atoms with Crippen LogP contribution in [0.3, 0.4) is 0 Å². The lowest BCUT2D eigenvalue weighted by Gasteiger charge is -2.09. The van der Waals surface area contributed by atoms with Crippen molar-refractivity contribution in [2.45, 2.75) is 31.8 Å². The quantitative estimate of drug-likeness (QED) is 0.528. The molecule has 7 heteroatoms. The van der Waals surface area contributed by atoms with Crippen molar-refractivity contribution in [2.75, 3.05) is 0 Å². The van der Waals surface area contributed by atoms with Gasteiger partial charge in [-0.15, -0.1) is 0 Å². The molecule has 3 rings (SSSR count). The van der Waals surface area contributed by atoms with Crippen LogP contribution in [0.25, 0.3) is 0 Å². The lowest BCUT2D eigenvalue weighted by atomic mass is 10.1. The summed E-state index contributed by atoms with van der Waals surface area (Å²) in [6.45, 7) is 3.95. The summed E-state index contributed by atoms with van der Waals surface area (Å²) in [5, 5.41) is 2.87. The average Bonchev–Trinajstić information content (AvgIpc) is 2.77. The number of nitrogens with one attached hydrogen (secondary N) is 2. The molecule has 0 spiro atoms. The van der Waals surface area contributed by atoms with Gasteiger partial charge in [-0.1, -0.05) is 54.1 Å². The highest BCUT2D eigenvalue weighted by atomic mass is 32.2. The summed E-state index contributed by atoms with van der Waals surface area (Å²) < 4.78 is 27.4. The van der Waals surface area contributed by atoms with Crippen LogP contribution in [0.2, 0.25) is 0 Å². The van der Waals surface area contributed by atoms with E-state index in [2.05, 4.69) is 10.0 Å². The molecule has 0 saturated heterocycles. The van der Waals surface area contributed by atoms with Crippen molar-refractivity contribution in [3.8, 4) is 0 Å². The number of rotatable bonds is 8. The number of benzene rings is 3. The Balaban J connectivity index is 1.56. The second-order valence-electron chi connectivity index (χ2n) is 7.27. The van der Waals surface area contributed by atoms with Gasteiger partial charge >= 0.3 is 0 Å². The molecular weight excluding hydrogens is 412 g/mol. The third-order valence-electron chi connectivity index (χ3n) is 4.83. The van der Waals surface area contributed by atoms with Crippen molar-refractivity contribution in [1.29, 1.82) is 0 Å². The van der Waals surface area contributed by atoms with Crippen LogP contribution in [0.4, 0.5) is 0 Å². The molecule has 0 aliphatic rings. The molecule has 3 aromatic rings. The van der Waals surface area contributed by atoms with Gasteiger partial charge in [0.1, 0.15) is 0 Å². The van der Waals surface area contributed by atoms with E-state index in [9.17, 15) is 18.0 Å². The second kappa shape index (κ2) is 9.68. The molecule has 0 radical (unpaired) electrons. The number of hydrogen-bond acceptors (Lipinski definition) is 4. The molecule has 0 aromatic heterocycles. The molecule has 0 aliphatic carbocycles. The van der Waals surface area contributed by atoms with Gasteiger partial charge < -0.3 is 5.32 Å². The lowest BCUT2D eigenvalue weighted by molar-refractivity contribution is 0.0950. The Hall–Kier alpha value is -3.29. The summed E-state index contributed by atoms with van der Waals surface area (Å²) in [6, 6.07) is 20.5. The van der Waals surface area contributed by atoms with Crippen LogP contribution < -0.4 is 10.0 Å². The van der Waals surface area contributed by atoms with Gasteiger partial charge in [0, 0.05) is 24.2 Å². The summed E-state index contributed by atoms with van der Waals surface area (Å²) in [6.07, 6.45) is 0. The normalized spacial score (nSPS) is 11.2. The summed E-state index contributed by atoms with van der Waals surface area (Å²) in [5.41, 5.74) is 3.85. The van der Waals surface area contributed by atoms with Crippen molar-refractivity contribution < 1.29 is 18.0 Å². The zero-order valence-electron chi connectivity index (χ0n) is 17.4. The smallest absolute Gasteiger partial charge is 0.251 e. The van der Waals surface area contributed by atoms with Crippen molar-refractivity contribution >= 4 is 21.7 Å². The first-order valence-electron chi connectivity index (χ1n) is 9.78. The van der Waals surface area contributed by atoms with Crippen molar-refractivity contribution in [1.82, 2.24) is 10.0 Å². The van der Waals surface area contributed by atoms with Gasteiger partial charge in [0.2, 0.25) is 10.0 Å². The van der Waals surface area contributed by atoms with Gasteiger partial charge in [-0.05, 0) is 49.2 Å². The van der Waals surface area contributed by atoms with E-state index < -0.39 is 10.0 Å². The monoisotopic (exact) mass is 436 g/mol. The van der Waals surface area contributed by atoms with E-state index in [0.717, 1.165) is 16.7 Å². The van der Waals surface area contributed by atoms with Crippen LogP contribution >= 0.6 is 0 Å². The Morgan fingerprint density at radius 3 is 1.84 bits per heavy atom. The van der Waals surface area contributed by atoms with Gasteiger partial charge in [0.25, 0.3) is 5.91 Å². The highest BCUT2D eigenvalue weighted by Gasteiger charge is 2.14. The third kappa shape index (κ3) is 6.10. The highest BCUT2D eigenvalue weighted by Crippen LogP contribution is 2.12. The lowest BCUT2D eigenvalue weighted by Crippen LogP contribution is -2.24. The zero-order valence-corrected chi connectivity index (χ0v) is 18.2. The zero-order chi connectivity index (χ0) is 22.4. The fourth-order valence-corrected chi connectivity index (χ4v) is 3.91. The predicted molar refractivity (Wildman–Crippen MR) is 119 cm³/mol. The maximum Gasteiger partial charge on any atom is 0.251 e. The molecule has 6 nitrogen and oxygen atoms in total. The Bertz CT molecular complexity index is 1170. The molecule has 31 heavy (non-hydrogen) atoms. The number of aryl methyl sites for hydroxylation is 1. The summed E-state index contributed by atoms with van der Waals surface area (Å²) in [5.74, 6) is -0.321. The topological polar surface area (TPSA) is 92.3 Å². The Kier molecular flexibility index (Phi) is 6.99. The van der Waals surface area contributed by atoms with Crippen LogP contribution in [0.5, 0.6) is 0 Å². The fourth-order valence-electron chi connectivity index (χ4n) is 2.89. The first kappa shape index (κ1) is 22.4. The van der Waals surface area contributed by atoms with Crippen LogP contribution in [0.15, 0.2) is 77.7 Å². The van der Waals surface area contributed by atoms with Crippen molar-refractivity contribution in [3.63, 3.8) is 0 Å². The van der Waals surface area contributed by atoms with Crippen LogP contribution in [-0.4, -0.2) is 20.1 Å². The third-order valence-corrected chi connectivity index (χ3v) is 6.24. The van der Waals surface area contributed by atoms with Crippen molar-refractivity contribution in [2.24, 2.45) is 0 Å². The van der Waals surface area contributed by atoms with E-state index in [1.54, 1.807) is 24.3 Å². The minimum atomic E-state index is -3.71. The van der Waals surface area contributed by atoms with Gasteiger partial charge in [-0.2, -0.15) is 0 Å². The number of Topliss-reactive ketones (excluding diaryl/α,β-unsaturated/α-hetero) is 1. The number of hydrogen-bond donors (Lipinski definition) is 2. The predicted octanol–water partition coefficient (Wildman–Crippen LogP) is 3.61. The van der Waals surface area contributed by atoms with Crippen LogP contribution in [0, 0.1) is 6.92 Å². The molecular formula is C24H24N2O4S. The molecule has 160 valence electrons. The molecule has 2 N–H and O–H groups in total. The Morgan fingerprint density at radius 1 is 0.742 bits per heavy atom. The first-order chi connectivity index (χ1) is 14.7. The molecule has 0 bridgehead atoms. The van der Waals surface area contributed by atoms with E-state index in [-0.39, 0.29) is 23.1 Å². The van der Waals surface area contributed by atoms with E-state index in [4.69, 9.17) is 0 Å². The Morgan fingerprint density at radius 2 is 1.26 bits per heavy atom. The van der Waals surface area contributed by atoms with E-state index in [1.165, 1.54) is 31.2 Å². The first-order valence-corrected chi connectivity index (χ1v) is 11.3. The number of ketones is 1. The number of carbonyl (C=O) groups is 2. The van der Waals surface area contributed by atoms with E-state index in [1.807, 2.05) is 31.2 Å². The maximum atomic E-state index is 12.4. The minimum absolute atomic E-state index is 0.0854. The van der Waals surface area contributed by atoms with Gasteiger partial charge in [0.05, 0.1) is 4.90 Å². The second-order valence-corrected chi connectivity index (χ2v) is 9.04. The van der Waals surface area contributed by atoms with Crippen LogP contribution in [-0.2, 0) is 23.1 Å². The Labute approximate surface area is 182 Å². The standard InChI is InChI=1S/C24H24N2O4S/c1-17-3-5-19(6-4-17)15-25-24(28)22-9-7-20(8-10-22)16-26-31(29,30)23-13-11-21(12-14-23)18(2)27/h3-14,26H,15-16H2,1-2H3,(H,25,28). The SMILES string of the molecule is CC(=O)c1ccc(S(=O)(=O)NCc2ccc(C(=O)NCc3ccc(C)cc3)cc2)cc1. The molecule has 0 atom stereocenters. The largest absolute Gasteiger partial charge is 0.348 e. The fraction of sp³-hybridized carbons (Fsp3) is 0.167. The molecule has 0 fully saturated rings. The van der Waals surface area contributed by atoms with Crippen LogP contribution in [0.1, 0.15) is 44.3 Å². The van der Waals surface area contributed by atoms with Gasteiger partial charge in [-0.3, -0.25) is 9.59 Å². The molecule has 1 amide bonds. The average molecular weight is 437 g/mol. The minimum Gasteiger partial charge on any atom is -0.348 e. The molecule has 0 unspecified atom stereocenters. The molecule has 3 aromatic carbocycles. The summed E-state index contributed by atoms with van der Waals surface area (Å²) >= 11 is 0. The number of carbonyl (C=O) groups excluding carboxylic acids is 2. The number of amides is 1. The van der Waals surface area contributed by atoms with Crippen molar-refractivity contribution in [3.05, 3.63) is 101 Å².